The van der Waals surface area contributed by atoms with Gasteiger partial charge >= 0.3 is 0 Å². The molecule has 1 nitrogen and oxygen atoms in total. The molecule has 0 saturated heterocycles. The Hall–Kier alpha value is -0.520. The quantitative estimate of drug-likeness (QED) is 0.617. The van der Waals surface area contributed by atoms with Crippen LogP contribution >= 0.6 is 0 Å². The third-order valence-corrected chi connectivity index (χ3v) is 1.59. The van der Waals surface area contributed by atoms with Crippen molar-refractivity contribution in [1.82, 2.24) is 0 Å². The second-order valence-corrected chi connectivity index (χ2v) is 3.44. The minimum absolute atomic E-state index is 0.218. The second-order valence-electron chi connectivity index (χ2n) is 3.44. The summed E-state index contributed by atoms with van der Waals surface area (Å²) >= 11 is 0. The van der Waals surface area contributed by atoms with E-state index < -0.39 is 0 Å². The van der Waals surface area contributed by atoms with Gasteiger partial charge in [-0.25, -0.2) is 0 Å². The zero-order valence-electron chi connectivity index (χ0n) is 7.72. The Labute approximate surface area is 69.4 Å². The van der Waals surface area contributed by atoms with Gasteiger partial charge in [-0.2, -0.15) is 0 Å². The van der Waals surface area contributed by atoms with Crippen LogP contribution in [-0.4, -0.2) is 11.2 Å². The molecule has 0 aliphatic heterocycles. The van der Waals surface area contributed by atoms with Crippen molar-refractivity contribution in [2.75, 3.05) is 0 Å². The maximum atomic E-state index is 9.43. The normalized spacial score (nSPS) is 12.8. The highest BCUT2D eigenvalue weighted by Crippen LogP contribution is 2.11. The minimum Gasteiger partial charge on any atom is -0.393 e. The summed E-state index contributed by atoms with van der Waals surface area (Å²) in [6, 6.07) is 0. The lowest BCUT2D eigenvalue weighted by atomic mass is 10.0. The summed E-state index contributed by atoms with van der Waals surface area (Å²) in [5.74, 6) is 0.558. The maximum Gasteiger partial charge on any atom is 0.0585 e. The summed E-state index contributed by atoms with van der Waals surface area (Å²) in [5.41, 5.74) is 3.82. The van der Waals surface area contributed by atoms with E-state index in [1.165, 1.54) is 0 Å². The molecule has 0 fully saturated rings. The summed E-state index contributed by atoms with van der Waals surface area (Å²) in [7, 11) is 0. The van der Waals surface area contributed by atoms with Crippen LogP contribution in [-0.2, 0) is 0 Å². The molecular weight excluding hydrogens is 136 g/mol. The summed E-state index contributed by atoms with van der Waals surface area (Å²) in [4.78, 5) is 0. The summed E-state index contributed by atoms with van der Waals surface area (Å²) < 4.78 is 0. The van der Waals surface area contributed by atoms with Crippen molar-refractivity contribution in [3.05, 3.63) is 17.9 Å². The van der Waals surface area contributed by atoms with Gasteiger partial charge < -0.3 is 5.11 Å². The molecule has 1 atom stereocenters. The number of aliphatic hydroxyl groups excluding tert-OH is 1. The lowest BCUT2D eigenvalue weighted by Gasteiger charge is -2.11. The van der Waals surface area contributed by atoms with Gasteiger partial charge in [0, 0.05) is 6.42 Å². The molecule has 0 rings (SSSR count). The first-order valence-corrected chi connectivity index (χ1v) is 4.09. The van der Waals surface area contributed by atoms with Crippen molar-refractivity contribution in [1.29, 1.82) is 0 Å². The van der Waals surface area contributed by atoms with Gasteiger partial charge in [-0.1, -0.05) is 20.4 Å². The fraction of sp³-hybridized carbons (Fsp3) is 0.700. The number of aliphatic hydroxyl groups is 1. The molecule has 0 spiro atoms. The van der Waals surface area contributed by atoms with Crippen LogP contribution in [0.3, 0.4) is 0 Å². The van der Waals surface area contributed by atoms with E-state index in [1.807, 2.05) is 6.92 Å². The van der Waals surface area contributed by atoms with E-state index in [0.29, 0.717) is 12.3 Å². The largest absolute Gasteiger partial charge is 0.393 e. The average Bonchev–Trinajstić information content (AvgIpc) is 1.85. The lowest BCUT2D eigenvalue weighted by molar-refractivity contribution is 0.149. The van der Waals surface area contributed by atoms with Crippen molar-refractivity contribution in [2.24, 2.45) is 5.92 Å². The molecule has 0 aliphatic carbocycles. The first-order valence-electron chi connectivity index (χ1n) is 4.09. The van der Waals surface area contributed by atoms with Gasteiger partial charge in [-0.3, -0.25) is 0 Å². The topological polar surface area (TPSA) is 20.2 Å². The van der Waals surface area contributed by atoms with E-state index >= 15 is 0 Å². The van der Waals surface area contributed by atoms with Crippen molar-refractivity contribution in [3.63, 3.8) is 0 Å². The summed E-state index contributed by atoms with van der Waals surface area (Å²) in [5, 5.41) is 9.43. The molecule has 0 amide bonds. The maximum absolute atomic E-state index is 9.43. The van der Waals surface area contributed by atoms with Crippen molar-refractivity contribution >= 4 is 0 Å². The zero-order valence-corrected chi connectivity index (χ0v) is 7.72. The molecule has 64 valence electrons. The van der Waals surface area contributed by atoms with Crippen molar-refractivity contribution in [2.45, 2.75) is 39.7 Å². The fourth-order valence-corrected chi connectivity index (χ4v) is 1.05. The van der Waals surface area contributed by atoms with Gasteiger partial charge in [-0.05, 0) is 24.8 Å². The fourth-order valence-electron chi connectivity index (χ4n) is 1.05. The Morgan fingerprint density at radius 3 is 2.45 bits per heavy atom. The van der Waals surface area contributed by atoms with E-state index in [2.05, 4.69) is 26.2 Å². The van der Waals surface area contributed by atoms with E-state index in [0.717, 1.165) is 12.0 Å². The van der Waals surface area contributed by atoms with Crippen LogP contribution in [0.2, 0.25) is 0 Å². The summed E-state index contributed by atoms with van der Waals surface area (Å²) in [6.45, 7) is 9.68. The van der Waals surface area contributed by atoms with Gasteiger partial charge in [0.2, 0.25) is 0 Å². The molecule has 1 N–H and O–H groups in total. The monoisotopic (exact) mass is 154 g/mol. The van der Waals surface area contributed by atoms with Gasteiger partial charge in [0.25, 0.3) is 0 Å². The van der Waals surface area contributed by atoms with E-state index in [4.69, 9.17) is 0 Å². The molecule has 0 aromatic rings. The van der Waals surface area contributed by atoms with Crippen LogP contribution in [0.15, 0.2) is 17.9 Å². The van der Waals surface area contributed by atoms with Crippen LogP contribution in [0, 0.1) is 5.92 Å². The smallest absolute Gasteiger partial charge is 0.0585 e. The Kier molecular flexibility index (Phi) is 4.93. The number of rotatable bonds is 4. The lowest BCUT2D eigenvalue weighted by Crippen LogP contribution is -2.09. The molecular formula is C10H18O. The molecule has 0 heterocycles. The number of hydrogen-bond acceptors (Lipinski definition) is 1. The highest BCUT2D eigenvalue weighted by Gasteiger charge is 2.06. The minimum atomic E-state index is -0.218. The standard InChI is InChI=1S/C10H18O/c1-5-9(4)7-10(11)6-8(2)3/h8,10-11H,1,6-7H2,2-4H3. The van der Waals surface area contributed by atoms with Crippen molar-refractivity contribution < 1.29 is 5.11 Å². The molecule has 0 aliphatic rings. The molecule has 11 heavy (non-hydrogen) atoms. The predicted molar refractivity (Wildman–Crippen MR) is 48.4 cm³/mol. The SMILES string of the molecule is C=C=C(C)CC(O)CC(C)C. The van der Waals surface area contributed by atoms with Gasteiger partial charge in [-0.15, -0.1) is 5.73 Å². The molecule has 0 aromatic carbocycles. The summed E-state index contributed by atoms with van der Waals surface area (Å²) in [6.07, 6.45) is 1.35. The van der Waals surface area contributed by atoms with Crippen molar-refractivity contribution in [3.8, 4) is 0 Å². The zero-order chi connectivity index (χ0) is 8.85. The third kappa shape index (κ3) is 5.90. The Morgan fingerprint density at radius 1 is 1.55 bits per heavy atom. The van der Waals surface area contributed by atoms with Crippen LogP contribution in [0.5, 0.6) is 0 Å². The second kappa shape index (κ2) is 5.17. The highest BCUT2D eigenvalue weighted by molar-refractivity contribution is 4.95. The molecule has 0 radical (unpaired) electrons. The Morgan fingerprint density at radius 2 is 2.09 bits per heavy atom. The van der Waals surface area contributed by atoms with Gasteiger partial charge in [0.1, 0.15) is 0 Å². The van der Waals surface area contributed by atoms with Crippen LogP contribution < -0.4 is 0 Å². The first kappa shape index (κ1) is 10.5. The molecule has 1 heteroatoms. The van der Waals surface area contributed by atoms with E-state index in [9.17, 15) is 5.11 Å². The highest BCUT2D eigenvalue weighted by atomic mass is 16.3. The van der Waals surface area contributed by atoms with Crippen LogP contribution in [0.4, 0.5) is 0 Å². The van der Waals surface area contributed by atoms with Crippen LogP contribution in [0.1, 0.15) is 33.6 Å². The average molecular weight is 154 g/mol. The molecule has 1 unspecified atom stereocenters. The van der Waals surface area contributed by atoms with Gasteiger partial charge in [0.15, 0.2) is 0 Å². The predicted octanol–water partition coefficient (Wildman–Crippen LogP) is 2.51. The Bertz CT molecular complexity index is 152. The molecule has 0 aromatic heterocycles. The van der Waals surface area contributed by atoms with Crippen LogP contribution in [0.25, 0.3) is 0 Å². The van der Waals surface area contributed by atoms with E-state index in [1.54, 1.807) is 0 Å². The molecule has 0 saturated carbocycles. The van der Waals surface area contributed by atoms with Gasteiger partial charge in [0.05, 0.1) is 6.10 Å². The number of hydrogen-bond donors (Lipinski definition) is 1. The third-order valence-electron chi connectivity index (χ3n) is 1.59. The Balaban J connectivity index is 3.69. The molecule has 0 bridgehead atoms. The first-order chi connectivity index (χ1) is 5.06. The van der Waals surface area contributed by atoms with E-state index in [-0.39, 0.29) is 6.10 Å².